The molecule has 6 heteroatoms. The number of anilines is 1. The van der Waals surface area contributed by atoms with E-state index in [1.165, 1.54) is 18.2 Å². The third-order valence-electron chi connectivity index (χ3n) is 2.94. The summed E-state index contributed by atoms with van der Waals surface area (Å²) in [5.41, 5.74) is 1.46. The van der Waals surface area contributed by atoms with Crippen molar-refractivity contribution in [3.05, 3.63) is 69.8 Å². The summed E-state index contributed by atoms with van der Waals surface area (Å²) in [4.78, 5) is 22.5. The molecule has 0 saturated carbocycles. The van der Waals surface area contributed by atoms with Crippen LogP contribution in [0.5, 0.6) is 0 Å². The van der Waals surface area contributed by atoms with Crippen molar-refractivity contribution in [2.45, 2.75) is 6.42 Å². The normalized spacial score (nSPS) is 10.1. The summed E-state index contributed by atoms with van der Waals surface area (Å²) in [6.07, 6.45) is 0.750. The zero-order valence-electron chi connectivity index (χ0n) is 11.1. The number of aryl methyl sites for hydroxylation is 1. The van der Waals surface area contributed by atoms with Crippen LogP contribution in [0.4, 0.5) is 11.4 Å². The standard InChI is InChI=1S/C15H13ClN2O3/c16-10-9-11-5-7-12(8-6-11)17-15(19)13-3-1-2-4-14(13)18(20)21/h1-8H,9-10H2,(H,17,19). The Morgan fingerprint density at radius 2 is 1.81 bits per heavy atom. The van der Waals surface area contributed by atoms with Crippen LogP contribution in [0.25, 0.3) is 0 Å². The number of hydrogen-bond donors (Lipinski definition) is 1. The van der Waals surface area contributed by atoms with Crippen LogP contribution in [0.15, 0.2) is 48.5 Å². The Labute approximate surface area is 126 Å². The van der Waals surface area contributed by atoms with Crippen molar-refractivity contribution in [3.63, 3.8) is 0 Å². The van der Waals surface area contributed by atoms with Gasteiger partial charge >= 0.3 is 0 Å². The van der Waals surface area contributed by atoms with Gasteiger partial charge in [0.1, 0.15) is 5.56 Å². The first-order valence-electron chi connectivity index (χ1n) is 6.31. The molecule has 1 amide bonds. The van der Waals surface area contributed by atoms with Crippen molar-refractivity contribution in [2.24, 2.45) is 0 Å². The molecule has 0 aliphatic carbocycles. The molecule has 0 aliphatic rings. The summed E-state index contributed by atoms with van der Waals surface area (Å²) < 4.78 is 0. The van der Waals surface area contributed by atoms with E-state index in [9.17, 15) is 14.9 Å². The molecule has 2 aromatic carbocycles. The lowest BCUT2D eigenvalue weighted by molar-refractivity contribution is -0.385. The molecule has 2 rings (SSSR count). The van der Waals surface area contributed by atoms with Crippen molar-refractivity contribution in [2.75, 3.05) is 11.2 Å². The van der Waals surface area contributed by atoms with Gasteiger partial charge in [-0.3, -0.25) is 14.9 Å². The number of hydrogen-bond acceptors (Lipinski definition) is 3. The molecule has 0 saturated heterocycles. The van der Waals surface area contributed by atoms with Crippen molar-refractivity contribution in [1.82, 2.24) is 0 Å². The molecular formula is C15H13ClN2O3. The van der Waals surface area contributed by atoms with Gasteiger partial charge < -0.3 is 5.32 Å². The fraction of sp³-hybridized carbons (Fsp3) is 0.133. The third-order valence-corrected chi connectivity index (χ3v) is 3.13. The van der Waals surface area contributed by atoms with Gasteiger partial charge in [0.2, 0.25) is 0 Å². The van der Waals surface area contributed by atoms with Crippen LogP contribution < -0.4 is 5.32 Å². The summed E-state index contributed by atoms with van der Waals surface area (Å²) >= 11 is 5.65. The van der Waals surface area contributed by atoms with E-state index in [-0.39, 0.29) is 11.3 Å². The highest BCUT2D eigenvalue weighted by Crippen LogP contribution is 2.19. The molecule has 1 N–H and O–H groups in total. The highest BCUT2D eigenvalue weighted by atomic mass is 35.5. The molecule has 0 atom stereocenters. The number of halogens is 1. The minimum atomic E-state index is -0.571. The van der Waals surface area contributed by atoms with Gasteiger partial charge in [-0.2, -0.15) is 0 Å². The molecule has 0 aromatic heterocycles. The van der Waals surface area contributed by atoms with Gasteiger partial charge in [-0.1, -0.05) is 24.3 Å². The number of benzene rings is 2. The average molecular weight is 305 g/mol. The Balaban J connectivity index is 2.16. The van der Waals surface area contributed by atoms with Crippen LogP contribution in [-0.4, -0.2) is 16.7 Å². The van der Waals surface area contributed by atoms with E-state index < -0.39 is 10.8 Å². The molecule has 0 aliphatic heterocycles. The van der Waals surface area contributed by atoms with Crippen LogP contribution in [0.3, 0.4) is 0 Å². The van der Waals surface area contributed by atoms with Crippen molar-refractivity contribution in [1.29, 1.82) is 0 Å². The summed E-state index contributed by atoms with van der Waals surface area (Å²) in [6, 6.07) is 13.0. The monoisotopic (exact) mass is 304 g/mol. The molecule has 0 heterocycles. The molecule has 0 fully saturated rings. The number of amides is 1. The van der Waals surface area contributed by atoms with Gasteiger partial charge in [0.15, 0.2) is 0 Å². The Bertz CT molecular complexity index is 656. The summed E-state index contributed by atoms with van der Waals surface area (Å²) in [5.74, 6) is 0.0226. The number of carbonyl (C=O) groups is 1. The van der Waals surface area contributed by atoms with Gasteiger partial charge in [0.25, 0.3) is 11.6 Å². The Kier molecular flexibility index (Phi) is 4.90. The maximum Gasteiger partial charge on any atom is 0.282 e. The average Bonchev–Trinajstić information content (AvgIpc) is 2.49. The van der Waals surface area contributed by atoms with Gasteiger partial charge in [0.05, 0.1) is 4.92 Å². The van der Waals surface area contributed by atoms with Crippen LogP contribution in [-0.2, 0) is 6.42 Å². The van der Waals surface area contributed by atoms with E-state index in [1.807, 2.05) is 12.1 Å². The molecule has 108 valence electrons. The number of rotatable bonds is 5. The predicted octanol–water partition coefficient (Wildman–Crippen LogP) is 3.63. The lowest BCUT2D eigenvalue weighted by atomic mass is 10.1. The smallest absolute Gasteiger partial charge is 0.282 e. The zero-order chi connectivity index (χ0) is 15.2. The quantitative estimate of drug-likeness (QED) is 0.521. The number of nitrogens with one attached hydrogen (secondary N) is 1. The lowest BCUT2D eigenvalue weighted by Gasteiger charge is -2.06. The number of nitro benzene ring substituents is 1. The van der Waals surface area contributed by atoms with E-state index in [0.29, 0.717) is 11.6 Å². The van der Waals surface area contributed by atoms with E-state index >= 15 is 0 Å². The fourth-order valence-electron chi connectivity index (χ4n) is 1.89. The Hall–Kier alpha value is -2.40. The van der Waals surface area contributed by atoms with E-state index in [4.69, 9.17) is 11.6 Å². The highest BCUT2D eigenvalue weighted by molar-refractivity contribution is 6.18. The summed E-state index contributed by atoms with van der Waals surface area (Å²) in [7, 11) is 0. The van der Waals surface area contributed by atoms with Gasteiger partial charge in [-0.15, -0.1) is 11.6 Å². The zero-order valence-corrected chi connectivity index (χ0v) is 11.8. The van der Waals surface area contributed by atoms with E-state index in [0.717, 1.165) is 12.0 Å². The van der Waals surface area contributed by atoms with Crippen molar-refractivity contribution >= 4 is 28.9 Å². The second kappa shape index (κ2) is 6.85. The number of para-hydroxylation sites is 1. The van der Waals surface area contributed by atoms with Gasteiger partial charge in [-0.25, -0.2) is 0 Å². The molecule has 0 radical (unpaired) electrons. The Morgan fingerprint density at radius 3 is 2.43 bits per heavy atom. The predicted molar refractivity (Wildman–Crippen MR) is 81.9 cm³/mol. The first-order chi connectivity index (χ1) is 10.1. The number of alkyl halides is 1. The second-order valence-electron chi connectivity index (χ2n) is 4.36. The third kappa shape index (κ3) is 3.79. The molecule has 5 nitrogen and oxygen atoms in total. The molecule has 0 bridgehead atoms. The van der Waals surface area contributed by atoms with Crippen LogP contribution in [0.2, 0.25) is 0 Å². The maximum atomic E-state index is 12.1. The number of nitrogens with zero attached hydrogens (tertiary/aromatic N) is 1. The first-order valence-corrected chi connectivity index (χ1v) is 6.85. The topological polar surface area (TPSA) is 72.2 Å². The van der Waals surface area contributed by atoms with Gasteiger partial charge in [-0.05, 0) is 30.2 Å². The fourth-order valence-corrected chi connectivity index (χ4v) is 2.11. The first kappa shape index (κ1) is 15.0. The van der Waals surface area contributed by atoms with Crippen LogP contribution in [0, 0.1) is 10.1 Å². The second-order valence-corrected chi connectivity index (χ2v) is 4.74. The Morgan fingerprint density at radius 1 is 1.14 bits per heavy atom. The summed E-state index contributed by atoms with van der Waals surface area (Å²) in [6.45, 7) is 0. The van der Waals surface area contributed by atoms with Crippen LogP contribution in [0.1, 0.15) is 15.9 Å². The molecular weight excluding hydrogens is 292 g/mol. The van der Waals surface area contributed by atoms with Gasteiger partial charge in [0, 0.05) is 17.6 Å². The van der Waals surface area contributed by atoms with Crippen molar-refractivity contribution in [3.8, 4) is 0 Å². The largest absolute Gasteiger partial charge is 0.322 e. The van der Waals surface area contributed by atoms with Crippen LogP contribution >= 0.6 is 11.6 Å². The molecule has 0 unspecified atom stereocenters. The minimum absolute atomic E-state index is 0.0346. The van der Waals surface area contributed by atoms with E-state index in [2.05, 4.69) is 5.32 Å². The molecule has 2 aromatic rings. The maximum absolute atomic E-state index is 12.1. The highest BCUT2D eigenvalue weighted by Gasteiger charge is 2.18. The summed E-state index contributed by atoms with van der Waals surface area (Å²) in [5, 5.41) is 13.6. The lowest BCUT2D eigenvalue weighted by Crippen LogP contribution is -2.13. The van der Waals surface area contributed by atoms with Crippen molar-refractivity contribution < 1.29 is 9.72 Å². The van der Waals surface area contributed by atoms with E-state index in [1.54, 1.807) is 18.2 Å². The minimum Gasteiger partial charge on any atom is -0.322 e. The molecule has 21 heavy (non-hydrogen) atoms. The number of nitro groups is 1. The SMILES string of the molecule is O=C(Nc1ccc(CCCl)cc1)c1ccccc1[N+](=O)[O-]. The molecule has 0 spiro atoms. The number of carbonyl (C=O) groups excluding carboxylic acids is 1.